The molecule has 8 heteroatoms. The lowest BCUT2D eigenvalue weighted by Gasteiger charge is -2.42. The molecule has 0 spiro atoms. The fourth-order valence-electron chi connectivity index (χ4n) is 5.60. The summed E-state index contributed by atoms with van der Waals surface area (Å²) in [6.07, 6.45) is 5.44. The molecule has 0 bridgehead atoms. The number of piperazine rings is 1. The van der Waals surface area contributed by atoms with Crippen LogP contribution in [0.25, 0.3) is 0 Å². The molecule has 1 saturated heterocycles. The molecule has 3 atom stereocenters. The standard InChI is InChI=1S/C25H37N3O5/c1-32-20-8-10-21(11-9-20)33-23-17-18(24(29)26-31)7-12-22(23)25(30)28-15-13-27(14-16-28)19-5-3-2-4-6-19/h2-6,18,20-23,31H,7-17H2,1H3,(H,26,29)/t18-,20?,21?,22+,23+/m1/s1. The van der Waals surface area contributed by atoms with Gasteiger partial charge in [-0.15, -0.1) is 0 Å². The number of nitrogens with one attached hydrogen (secondary N) is 1. The normalized spacial score (nSPS) is 30.7. The molecular weight excluding hydrogens is 422 g/mol. The van der Waals surface area contributed by atoms with E-state index in [2.05, 4.69) is 17.0 Å². The summed E-state index contributed by atoms with van der Waals surface area (Å²) in [5, 5.41) is 9.11. The summed E-state index contributed by atoms with van der Waals surface area (Å²) in [5.41, 5.74) is 2.98. The molecule has 0 radical (unpaired) electrons. The van der Waals surface area contributed by atoms with Crippen LogP contribution in [0.4, 0.5) is 5.69 Å². The van der Waals surface area contributed by atoms with Crippen molar-refractivity contribution in [2.75, 3.05) is 38.2 Å². The predicted molar refractivity (Wildman–Crippen MR) is 124 cm³/mol. The van der Waals surface area contributed by atoms with Crippen molar-refractivity contribution in [2.24, 2.45) is 11.8 Å². The van der Waals surface area contributed by atoms with E-state index in [4.69, 9.17) is 14.7 Å². The highest BCUT2D eigenvalue weighted by atomic mass is 16.5. The number of benzene rings is 1. The van der Waals surface area contributed by atoms with Crippen molar-refractivity contribution in [3.8, 4) is 0 Å². The van der Waals surface area contributed by atoms with E-state index >= 15 is 0 Å². The van der Waals surface area contributed by atoms with E-state index < -0.39 is 0 Å². The number of methoxy groups -OCH3 is 1. The average molecular weight is 460 g/mol. The van der Waals surface area contributed by atoms with Crippen LogP contribution in [0.5, 0.6) is 0 Å². The quantitative estimate of drug-likeness (QED) is 0.502. The van der Waals surface area contributed by atoms with Crippen molar-refractivity contribution in [3.63, 3.8) is 0 Å². The maximum Gasteiger partial charge on any atom is 0.246 e. The second kappa shape index (κ2) is 11.3. The van der Waals surface area contributed by atoms with Gasteiger partial charge >= 0.3 is 0 Å². The van der Waals surface area contributed by atoms with Gasteiger partial charge in [-0.05, 0) is 57.1 Å². The van der Waals surface area contributed by atoms with Crippen molar-refractivity contribution < 1.29 is 24.3 Å². The van der Waals surface area contributed by atoms with E-state index in [0.29, 0.717) is 32.4 Å². The summed E-state index contributed by atoms with van der Waals surface area (Å²) < 4.78 is 12.0. The van der Waals surface area contributed by atoms with Crippen LogP contribution in [-0.2, 0) is 19.1 Å². The van der Waals surface area contributed by atoms with Crippen molar-refractivity contribution >= 4 is 17.5 Å². The number of carbonyl (C=O) groups is 2. The van der Waals surface area contributed by atoms with Crippen molar-refractivity contribution in [1.29, 1.82) is 0 Å². The van der Waals surface area contributed by atoms with E-state index in [1.165, 1.54) is 5.69 Å². The van der Waals surface area contributed by atoms with Crippen molar-refractivity contribution in [1.82, 2.24) is 10.4 Å². The third-order valence-corrected chi connectivity index (χ3v) is 7.62. The van der Waals surface area contributed by atoms with Gasteiger partial charge in [-0.2, -0.15) is 0 Å². The van der Waals surface area contributed by atoms with Crippen molar-refractivity contribution in [3.05, 3.63) is 30.3 Å². The number of hydroxylamine groups is 1. The third kappa shape index (κ3) is 5.86. The Labute approximate surface area is 196 Å². The molecule has 1 aromatic carbocycles. The average Bonchev–Trinajstić information content (AvgIpc) is 2.89. The van der Waals surface area contributed by atoms with Gasteiger partial charge in [0, 0.05) is 44.9 Å². The number of hydrogen-bond acceptors (Lipinski definition) is 6. The van der Waals surface area contributed by atoms with E-state index in [0.717, 1.165) is 38.8 Å². The van der Waals surface area contributed by atoms with E-state index in [9.17, 15) is 9.59 Å². The fourth-order valence-corrected chi connectivity index (χ4v) is 5.60. The molecule has 3 fully saturated rings. The highest BCUT2D eigenvalue weighted by Gasteiger charge is 2.41. The first-order valence-electron chi connectivity index (χ1n) is 12.3. The molecule has 2 N–H and O–H groups in total. The first kappa shape index (κ1) is 24.0. The Balaban J connectivity index is 1.38. The lowest BCUT2D eigenvalue weighted by Crippen LogP contribution is -2.53. The Morgan fingerprint density at radius 1 is 0.939 bits per heavy atom. The van der Waals surface area contributed by atoms with Gasteiger partial charge in [0.05, 0.1) is 24.2 Å². The van der Waals surface area contributed by atoms with Gasteiger partial charge < -0.3 is 19.3 Å². The molecular formula is C25H37N3O5. The third-order valence-electron chi connectivity index (χ3n) is 7.62. The molecule has 0 unspecified atom stereocenters. The van der Waals surface area contributed by atoms with Gasteiger partial charge in [0.15, 0.2) is 0 Å². The smallest absolute Gasteiger partial charge is 0.246 e. The Bertz CT molecular complexity index is 776. The Morgan fingerprint density at radius 3 is 2.24 bits per heavy atom. The van der Waals surface area contributed by atoms with E-state index in [-0.39, 0.29) is 42.0 Å². The molecule has 1 aliphatic heterocycles. The number of carbonyl (C=O) groups excluding carboxylic acids is 2. The minimum atomic E-state index is -0.380. The number of nitrogens with zero attached hydrogens (tertiary/aromatic N) is 2. The maximum absolute atomic E-state index is 13.6. The molecule has 1 aromatic rings. The summed E-state index contributed by atoms with van der Waals surface area (Å²) in [7, 11) is 1.75. The van der Waals surface area contributed by atoms with Gasteiger partial charge in [-0.1, -0.05) is 18.2 Å². The first-order valence-corrected chi connectivity index (χ1v) is 12.3. The zero-order valence-corrected chi connectivity index (χ0v) is 19.5. The lowest BCUT2D eigenvalue weighted by atomic mass is 9.78. The Morgan fingerprint density at radius 2 is 1.61 bits per heavy atom. The topological polar surface area (TPSA) is 91.3 Å². The molecule has 2 aliphatic carbocycles. The Hall–Kier alpha value is -2.16. The second-order valence-electron chi connectivity index (χ2n) is 9.55. The van der Waals surface area contributed by atoms with Crippen LogP contribution in [0.15, 0.2) is 30.3 Å². The summed E-state index contributed by atoms with van der Waals surface area (Å²) in [5.74, 6) is -0.805. The van der Waals surface area contributed by atoms with Crippen LogP contribution in [0.1, 0.15) is 44.9 Å². The number of para-hydroxylation sites is 1. The molecule has 182 valence electrons. The van der Waals surface area contributed by atoms with Crippen LogP contribution in [0.3, 0.4) is 0 Å². The highest BCUT2D eigenvalue weighted by molar-refractivity contribution is 5.81. The molecule has 0 aromatic heterocycles. The summed E-state index contributed by atoms with van der Waals surface area (Å²) in [6.45, 7) is 3.00. The minimum absolute atomic E-state index is 0.0857. The summed E-state index contributed by atoms with van der Waals surface area (Å²) in [6, 6.07) is 10.3. The Kier molecular flexibility index (Phi) is 8.22. The molecule has 2 amide bonds. The minimum Gasteiger partial charge on any atom is -0.381 e. The maximum atomic E-state index is 13.6. The predicted octanol–water partition coefficient (Wildman–Crippen LogP) is 2.60. The molecule has 4 rings (SSSR count). The number of amides is 2. The number of hydrogen-bond donors (Lipinski definition) is 2. The van der Waals surface area contributed by atoms with Crippen LogP contribution in [0.2, 0.25) is 0 Å². The fraction of sp³-hybridized carbons (Fsp3) is 0.680. The van der Waals surface area contributed by atoms with Gasteiger partial charge in [0.1, 0.15) is 0 Å². The van der Waals surface area contributed by atoms with Gasteiger partial charge in [-0.25, -0.2) is 5.48 Å². The van der Waals surface area contributed by atoms with Gasteiger partial charge in [0.2, 0.25) is 11.8 Å². The second-order valence-corrected chi connectivity index (χ2v) is 9.55. The van der Waals surface area contributed by atoms with Crippen LogP contribution < -0.4 is 10.4 Å². The number of ether oxygens (including phenoxy) is 2. The highest BCUT2D eigenvalue weighted by Crippen LogP contribution is 2.36. The molecule has 8 nitrogen and oxygen atoms in total. The van der Waals surface area contributed by atoms with Crippen LogP contribution in [-0.4, -0.2) is 73.5 Å². The molecule has 2 saturated carbocycles. The zero-order chi connectivity index (χ0) is 23.2. The zero-order valence-electron chi connectivity index (χ0n) is 19.5. The van der Waals surface area contributed by atoms with E-state index in [1.54, 1.807) is 12.6 Å². The monoisotopic (exact) mass is 459 g/mol. The van der Waals surface area contributed by atoms with E-state index in [1.807, 2.05) is 23.1 Å². The SMILES string of the molecule is COC1CCC(O[C@H]2C[C@H](C(=O)NO)CC[C@@H]2C(=O)N2CCN(c3ccccc3)CC2)CC1. The number of anilines is 1. The summed E-state index contributed by atoms with van der Waals surface area (Å²) >= 11 is 0. The molecule has 3 aliphatic rings. The van der Waals surface area contributed by atoms with Crippen LogP contribution in [0, 0.1) is 11.8 Å². The first-order chi connectivity index (χ1) is 16.1. The lowest BCUT2D eigenvalue weighted by molar-refractivity contribution is -0.155. The van der Waals surface area contributed by atoms with Crippen LogP contribution >= 0.6 is 0 Å². The van der Waals surface area contributed by atoms with Gasteiger partial charge in [-0.3, -0.25) is 14.8 Å². The number of rotatable bonds is 6. The molecule has 33 heavy (non-hydrogen) atoms. The summed E-state index contributed by atoms with van der Waals surface area (Å²) in [4.78, 5) is 29.9. The molecule has 1 heterocycles. The largest absolute Gasteiger partial charge is 0.381 e. The van der Waals surface area contributed by atoms with Crippen molar-refractivity contribution in [2.45, 2.75) is 63.3 Å². The van der Waals surface area contributed by atoms with Gasteiger partial charge in [0.25, 0.3) is 0 Å².